The summed E-state index contributed by atoms with van der Waals surface area (Å²) < 4.78 is -0.883. The number of nitrogens with zero attached hydrogens (tertiary/aromatic N) is 1. The van der Waals surface area contributed by atoms with Crippen molar-refractivity contribution in [3.8, 4) is 0 Å². The molecule has 0 saturated heterocycles. The molecule has 0 spiro atoms. The Morgan fingerprint density at radius 1 is 1.15 bits per heavy atom. The van der Waals surface area contributed by atoms with E-state index in [9.17, 15) is 4.79 Å². The lowest BCUT2D eigenvalue weighted by Gasteiger charge is -2.40. The van der Waals surface area contributed by atoms with Crippen molar-refractivity contribution in [1.82, 2.24) is 10.2 Å². The maximum absolute atomic E-state index is 12.3. The zero-order valence-corrected chi connectivity index (χ0v) is 14.3. The molecule has 0 aromatic rings. The van der Waals surface area contributed by atoms with Crippen LogP contribution in [0.1, 0.15) is 51.9 Å². The van der Waals surface area contributed by atoms with Crippen molar-refractivity contribution < 1.29 is 4.79 Å². The molecule has 3 nitrogen and oxygen atoms in total. The number of halogens is 2. The third-order valence-corrected chi connectivity index (χ3v) is 6.42. The highest BCUT2D eigenvalue weighted by molar-refractivity contribution is 6.53. The maximum Gasteiger partial charge on any atom is 0.229 e. The van der Waals surface area contributed by atoms with E-state index in [1.54, 1.807) is 0 Å². The predicted molar refractivity (Wildman–Crippen MR) is 84.3 cm³/mol. The van der Waals surface area contributed by atoms with E-state index >= 15 is 0 Å². The summed E-state index contributed by atoms with van der Waals surface area (Å²) in [7, 11) is 4.23. The van der Waals surface area contributed by atoms with Crippen molar-refractivity contribution in [1.29, 1.82) is 0 Å². The third kappa shape index (κ3) is 2.95. The first-order valence-electron chi connectivity index (χ1n) is 7.57. The van der Waals surface area contributed by atoms with Gasteiger partial charge in [-0.05, 0) is 40.3 Å². The van der Waals surface area contributed by atoms with Gasteiger partial charge in [0.2, 0.25) is 5.91 Å². The number of rotatable bonds is 4. The van der Waals surface area contributed by atoms with Crippen LogP contribution in [0.5, 0.6) is 0 Å². The van der Waals surface area contributed by atoms with Gasteiger partial charge < -0.3 is 10.2 Å². The van der Waals surface area contributed by atoms with Gasteiger partial charge in [0.15, 0.2) is 0 Å². The number of hydrogen-bond donors (Lipinski definition) is 1. The lowest BCUT2D eigenvalue weighted by atomic mass is 9.88. The van der Waals surface area contributed by atoms with Gasteiger partial charge in [0.1, 0.15) is 4.33 Å². The number of likely N-dealkylation sites (N-methyl/N-ethyl adjacent to an activating group) is 1. The molecule has 20 heavy (non-hydrogen) atoms. The molecule has 0 aromatic heterocycles. The Kier molecular flexibility index (Phi) is 4.63. The minimum absolute atomic E-state index is 0.00651. The van der Waals surface area contributed by atoms with Gasteiger partial charge in [0, 0.05) is 12.1 Å². The average Bonchev–Trinajstić information content (AvgIpc) is 2.98. The van der Waals surface area contributed by atoms with E-state index in [0.717, 1.165) is 12.8 Å². The molecule has 5 heteroatoms. The molecule has 2 fully saturated rings. The first-order valence-corrected chi connectivity index (χ1v) is 8.33. The molecule has 1 N–H and O–H groups in total. The number of alkyl halides is 2. The topological polar surface area (TPSA) is 32.3 Å². The van der Waals surface area contributed by atoms with Crippen molar-refractivity contribution in [2.75, 3.05) is 20.6 Å². The summed E-state index contributed by atoms with van der Waals surface area (Å²) in [6.07, 6.45) is 7.90. The van der Waals surface area contributed by atoms with Gasteiger partial charge in [0.25, 0.3) is 0 Å². The van der Waals surface area contributed by atoms with Gasteiger partial charge in [0.05, 0.1) is 5.41 Å². The monoisotopic (exact) mass is 320 g/mol. The van der Waals surface area contributed by atoms with Crippen LogP contribution in [0.25, 0.3) is 0 Å². The van der Waals surface area contributed by atoms with Crippen LogP contribution < -0.4 is 5.32 Å². The summed E-state index contributed by atoms with van der Waals surface area (Å²) in [5, 5.41) is 3.11. The molecule has 2 aliphatic carbocycles. The smallest absolute Gasteiger partial charge is 0.229 e. The van der Waals surface area contributed by atoms with Crippen LogP contribution in [-0.2, 0) is 4.79 Å². The van der Waals surface area contributed by atoms with Gasteiger partial charge in [-0.15, -0.1) is 23.2 Å². The quantitative estimate of drug-likeness (QED) is 0.636. The lowest BCUT2D eigenvalue weighted by Crippen LogP contribution is -2.53. The zero-order chi connectivity index (χ0) is 15.0. The highest BCUT2D eigenvalue weighted by Crippen LogP contribution is 2.63. The molecule has 1 amide bonds. The summed E-state index contributed by atoms with van der Waals surface area (Å²) in [6.45, 7) is 2.54. The summed E-state index contributed by atoms with van der Waals surface area (Å²) in [6, 6.07) is 0. The fraction of sp³-hybridized carbons (Fsp3) is 0.933. The summed E-state index contributed by atoms with van der Waals surface area (Å²) in [5.41, 5.74) is -0.535. The van der Waals surface area contributed by atoms with Crippen LogP contribution >= 0.6 is 23.2 Å². The van der Waals surface area contributed by atoms with Crippen LogP contribution in [-0.4, -0.2) is 41.3 Å². The van der Waals surface area contributed by atoms with Gasteiger partial charge in [-0.1, -0.05) is 25.7 Å². The molecular weight excluding hydrogens is 295 g/mol. The average molecular weight is 321 g/mol. The second-order valence-electron chi connectivity index (χ2n) is 6.93. The number of carbonyl (C=O) groups excluding carboxylic acids is 1. The van der Waals surface area contributed by atoms with Crippen molar-refractivity contribution in [2.24, 2.45) is 5.41 Å². The highest BCUT2D eigenvalue weighted by Gasteiger charge is 2.67. The fourth-order valence-electron chi connectivity index (χ4n) is 3.25. The Morgan fingerprint density at radius 2 is 1.65 bits per heavy atom. The molecule has 0 aliphatic heterocycles. The summed E-state index contributed by atoms with van der Waals surface area (Å²) in [5.74, 6) is -0.00651. The molecule has 0 bridgehead atoms. The number of hydrogen-bond acceptors (Lipinski definition) is 2. The summed E-state index contributed by atoms with van der Waals surface area (Å²) >= 11 is 12.2. The van der Waals surface area contributed by atoms with E-state index in [4.69, 9.17) is 23.2 Å². The van der Waals surface area contributed by atoms with Crippen LogP contribution in [0.3, 0.4) is 0 Å². The Labute approximate surface area is 132 Å². The van der Waals surface area contributed by atoms with Crippen molar-refractivity contribution in [3.05, 3.63) is 0 Å². The van der Waals surface area contributed by atoms with E-state index in [2.05, 4.69) is 24.3 Å². The van der Waals surface area contributed by atoms with Crippen LogP contribution in [0, 0.1) is 5.41 Å². The zero-order valence-electron chi connectivity index (χ0n) is 12.8. The van der Waals surface area contributed by atoms with E-state index in [-0.39, 0.29) is 11.4 Å². The van der Waals surface area contributed by atoms with Crippen molar-refractivity contribution >= 4 is 29.1 Å². The maximum atomic E-state index is 12.3. The summed E-state index contributed by atoms with van der Waals surface area (Å²) in [4.78, 5) is 14.6. The predicted octanol–water partition coefficient (Wildman–Crippen LogP) is 3.34. The fourth-order valence-corrected chi connectivity index (χ4v) is 3.96. The van der Waals surface area contributed by atoms with Crippen LogP contribution in [0.15, 0.2) is 0 Å². The minimum Gasteiger partial charge on any atom is -0.354 e. The Bertz CT molecular complexity index is 376. The normalized spacial score (nSPS) is 31.7. The molecule has 2 saturated carbocycles. The lowest BCUT2D eigenvalue weighted by molar-refractivity contribution is -0.126. The standard InChI is InChI=1S/C15H26Cl2N2O/c1-13(10-15(13,16)17)12(20)18-11-14(19(2)3)8-6-4-5-7-9-14/h4-11H2,1-3H3,(H,18,20)/t13-/m1/s1. The molecule has 116 valence electrons. The highest BCUT2D eigenvalue weighted by atomic mass is 35.5. The number of nitrogens with one attached hydrogen (secondary N) is 1. The molecule has 0 heterocycles. The first kappa shape index (κ1) is 16.4. The van der Waals surface area contributed by atoms with Gasteiger partial charge in [-0.2, -0.15) is 0 Å². The first-order chi connectivity index (χ1) is 9.24. The Balaban J connectivity index is 1.98. The van der Waals surface area contributed by atoms with Gasteiger partial charge in [-0.25, -0.2) is 0 Å². The SMILES string of the molecule is CN(C)C1(CNC(=O)[C@@]2(C)CC2(Cl)Cl)CCCCCC1. The molecule has 0 aromatic carbocycles. The van der Waals surface area contributed by atoms with Crippen molar-refractivity contribution in [2.45, 2.75) is 61.7 Å². The van der Waals surface area contributed by atoms with Crippen LogP contribution in [0.4, 0.5) is 0 Å². The number of amides is 1. The molecular formula is C15H26Cl2N2O. The molecule has 1 atom stereocenters. The molecule has 2 rings (SSSR count). The van der Waals surface area contributed by atoms with E-state index < -0.39 is 9.75 Å². The number of carbonyl (C=O) groups is 1. The van der Waals surface area contributed by atoms with Crippen molar-refractivity contribution in [3.63, 3.8) is 0 Å². The largest absolute Gasteiger partial charge is 0.354 e. The van der Waals surface area contributed by atoms with E-state index in [1.807, 2.05) is 6.92 Å². The second kappa shape index (κ2) is 5.66. The molecule has 2 aliphatic rings. The molecule has 0 radical (unpaired) electrons. The van der Waals surface area contributed by atoms with Gasteiger partial charge in [-0.3, -0.25) is 4.79 Å². The third-order valence-electron chi connectivity index (χ3n) is 5.32. The van der Waals surface area contributed by atoms with E-state index in [1.165, 1.54) is 25.7 Å². The minimum atomic E-state index is -0.883. The van der Waals surface area contributed by atoms with Gasteiger partial charge >= 0.3 is 0 Å². The Morgan fingerprint density at radius 3 is 2.05 bits per heavy atom. The van der Waals surface area contributed by atoms with E-state index in [0.29, 0.717) is 13.0 Å². The Hall–Kier alpha value is 0.01000. The second-order valence-corrected chi connectivity index (χ2v) is 8.41. The molecule has 0 unspecified atom stereocenters. The van der Waals surface area contributed by atoms with Crippen LogP contribution in [0.2, 0.25) is 0 Å².